The fourth-order valence-electron chi connectivity index (χ4n) is 2.86. The Morgan fingerprint density at radius 2 is 1.96 bits per heavy atom. The third-order valence-electron chi connectivity index (χ3n) is 4.08. The van der Waals surface area contributed by atoms with E-state index in [2.05, 4.69) is 33.3 Å². The lowest BCUT2D eigenvalue weighted by molar-refractivity contribution is 0.242. The zero-order valence-corrected chi connectivity index (χ0v) is 14.0. The molecule has 0 spiro atoms. The van der Waals surface area contributed by atoms with Gasteiger partial charge in [-0.1, -0.05) is 12.2 Å². The Kier molecular flexibility index (Phi) is 4.12. The Bertz CT molecular complexity index is 983. The number of nitrogens with zero attached hydrogens (tertiary/aromatic N) is 4. The Balaban J connectivity index is 1.67. The molecule has 0 N–H and O–H groups in total. The van der Waals surface area contributed by atoms with Gasteiger partial charge < -0.3 is 4.74 Å². The molecular formula is C20H18N4O. The standard InChI is InChI=1S/C20H18N4O/c1-2-25-18-5-3-4-15(6-7-18)17-12-22-20-19(13-23-24(20)14-17)16-8-10-21-11-9-16/h4-14H,2-3H2,1H3. The molecule has 0 atom stereocenters. The second-order valence-electron chi connectivity index (χ2n) is 5.67. The minimum atomic E-state index is 0.671. The molecule has 0 radical (unpaired) electrons. The molecule has 25 heavy (non-hydrogen) atoms. The van der Waals surface area contributed by atoms with Gasteiger partial charge in [-0.3, -0.25) is 4.98 Å². The van der Waals surface area contributed by atoms with E-state index < -0.39 is 0 Å². The number of ether oxygens (including phenoxy) is 1. The minimum absolute atomic E-state index is 0.671. The maximum absolute atomic E-state index is 5.57. The number of hydrogen-bond donors (Lipinski definition) is 0. The van der Waals surface area contributed by atoms with Gasteiger partial charge in [0.1, 0.15) is 5.76 Å². The molecule has 124 valence electrons. The number of pyridine rings is 1. The van der Waals surface area contributed by atoms with E-state index >= 15 is 0 Å². The van der Waals surface area contributed by atoms with Crippen LogP contribution < -0.4 is 0 Å². The molecule has 4 rings (SSSR count). The average molecular weight is 330 g/mol. The second-order valence-corrected chi connectivity index (χ2v) is 5.67. The van der Waals surface area contributed by atoms with Crippen molar-refractivity contribution in [2.45, 2.75) is 13.3 Å². The van der Waals surface area contributed by atoms with Gasteiger partial charge in [-0.2, -0.15) is 5.10 Å². The van der Waals surface area contributed by atoms with E-state index in [4.69, 9.17) is 4.74 Å². The van der Waals surface area contributed by atoms with Crippen molar-refractivity contribution in [3.05, 3.63) is 78.7 Å². The molecule has 0 bridgehead atoms. The largest absolute Gasteiger partial charge is 0.494 e. The third-order valence-corrected chi connectivity index (χ3v) is 4.08. The zero-order chi connectivity index (χ0) is 17.1. The highest BCUT2D eigenvalue weighted by atomic mass is 16.5. The Morgan fingerprint density at radius 3 is 2.80 bits per heavy atom. The first kappa shape index (κ1) is 15.3. The van der Waals surface area contributed by atoms with Crippen molar-refractivity contribution in [3.63, 3.8) is 0 Å². The van der Waals surface area contributed by atoms with E-state index in [1.54, 1.807) is 12.4 Å². The molecule has 0 fully saturated rings. The fourth-order valence-corrected chi connectivity index (χ4v) is 2.86. The maximum atomic E-state index is 5.57. The lowest BCUT2D eigenvalue weighted by atomic mass is 10.1. The topological polar surface area (TPSA) is 52.3 Å². The molecule has 0 saturated heterocycles. The summed E-state index contributed by atoms with van der Waals surface area (Å²) in [5.41, 5.74) is 5.03. The van der Waals surface area contributed by atoms with Crippen LogP contribution >= 0.6 is 0 Å². The number of hydrogen-bond acceptors (Lipinski definition) is 4. The van der Waals surface area contributed by atoms with Crippen LogP contribution in [0.4, 0.5) is 0 Å². The van der Waals surface area contributed by atoms with Gasteiger partial charge in [-0.05, 0) is 48.8 Å². The highest BCUT2D eigenvalue weighted by molar-refractivity contribution is 5.79. The summed E-state index contributed by atoms with van der Waals surface area (Å²) in [5, 5.41) is 4.46. The highest BCUT2D eigenvalue weighted by Gasteiger charge is 2.10. The van der Waals surface area contributed by atoms with Crippen molar-refractivity contribution in [2.24, 2.45) is 0 Å². The first-order chi connectivity index (χ1) is 12.3. The van der Waals surface area contributed by atoms with Gasteiger partial charge in [0.25, 0.3) is 0 Å². The average Bonchev–Trinajstić information content (AvgIpc) is 2.94. The Morgan fingerprint density at radius 1 is 1.08 bits per heavy atom. The molecule has 0 amide bonds. The summed E-state index contributed by atoms with van der Waals surface area (Å²) in [6.45, 7) is 2.66. The van der Waals surface area contributed by atoms with Crippen LogP contribution in [0.3, 0.4) is 0 Å². The Hall–Kier alpha value is -3.21. The molecule has 0 aliphatic heterocycles. The number of aromatic nitrogens is 4. The molecule has 5 nitrogen and oxygen atoms in total. The van der Waals surface area contributed by atoms with Gasteiger partial charge >= 0.3 is 0 Å². The summed E-state index contributed by atoms with van der Waals surface area (Å²) in [7, 11) is 0. The van der Waals surface area contributed by atoms with Gasteiger partial charge in [0.2, 0.25) is 0 Å². The van der Waals surface area contributed by atoms with Crippen LogP contribution in [0.25, 0.3) is 22.3 Å². The smallest absolute Gasteiger partial charge is 0.162 e. The monoisotopic (exact) mass is 330 g/mol. The fraction of sp³-hybridized carbons (Fsp3) is 0.150. The quantitative estimate of drug-likeness (QED) is 0.724. The van der Waals surface area contributed by atoms with E-state index in [-0.39, 0.29) is 0 Å². The van der Waals surface area contributed by atoms with Gasteiger partial charge in [0.05, 0.1) is 12.8 Å². The molecule has 0 aromatic carbocycles. The van der Waals surface area contributed by atoms with Crippen molar-refractivity contribution in [3.8, 4) is 11.1 Å². The molecule has 5 heteroatoms. The predicted molar refractivity (Wildman–Crippen MR) is 97.7 cm³/mol. The molecule has 0 unspecified atom stereocenters. The van der Waals surface area contributed by atoms with Crippen LogP contribution in [0.2, 0.25) is 0 Å². The van der Waals surface area contributed by atoms with Gasteiger partial charge in [0, 0.05) is 35.9 Å². The van der Waals surface area contributed by atoms with Crippen molar-refractivity contribution < 1.29 is 4.74 Å². The molecule has 1 aliphatic rings. The summed E-state index contributed by atoms with van der Waals surface area (Å²) in [4.78, 5) is 8.70. The summed E-state index contributed by atoms with van der Waals surface area (Å²) < 4.78 is 7.39. The molecule has 3 aromatic rings. The molecule has 3 aromatic heterocycles. The number of allylic oxidation sites excluding steroid dienone is 5. The van der Waals surface area contributed by atoms with Crippen LogP contribution in [-0.2, 0) is 4.74 Å². The molecular weight excluding hydrogens is 312 g/mol. The second kappa shape index (κ2) is 6.73. The predicted octanol–water partition coefficient (Wildman–Crippen LogP) is 4.06. The summed E-state index contributed by atoms with van der Waals surface area (Å²) in [6, 6.07) is 3.92. The maximum Gasteiger partial charge on any atom is 0.162 e. The number of fused-ring (bicyclic) bond motifs is 1. The van der Waals surface area contributed by atoms with Crippen LogP contribution in [0.1, 0.15) is 18.9 Å². The van der Waals surface area contributed by atoms with E-state index in [1.165, 1.54) is 0 Å². The van der Waals surface area contributed by atoms with Crippen molar-refractivity contribution in [1.29, 1.82) is 0 Å². The Labute approximate surface area is 146 Å². The van der Waals surface area contributed by atoms with Crippen molar-refractivity contribution in [2.75, 3.05) is 6.61 Å². The van der Waals surface area contributed by atoms with Crippen LogP contribution in [0, 0.1) is 0 Å². The number of rotatable bonds is 4. The lowest BCUT2D eigenvalue weighted by Gasteiger charge is -2.04. The van der Waals surface area contributed by atoms with Gasteiger partial charge in [-0.15, -0.1) is 0 Å². The normalized spacial score (nSPS) is 14.1. The first-order valence-electron chi connectivity index (χ1n) is 8.30. The van der Waals surface area contributed by atoms with E-state index in [1.807, 2.05) is 48.2 Å². The molecule has 3 heterocycles. The zero-order valence-electron chi connectivity index (χ0n) is 14.0. The SMILES string of the molecule is CCOC1=CCC=C(c2cnc3c(-c4ccncc4)cnn3c2)C=C1. The van der Waals surface area contributed by atoms with Crippen molar-refractivity contribution in [1.82, 2.24) is 19.6 Å². The van der Waals surface area contributed by atoms with Crippen LogP contribution in [0.5, 0.6) is 0 Å². The van der Waals surface area contributed by atoms with E-state index in [0.29, 0.717) is 6.61 Å². The summed E-state index contributed by atoms with van der Waals surface area (Å²) >= 11 is 0. The van der Waals surface area contributed by atoms with Gasteiger partial charge in [-0.25, -0.2) is 9.50 Å². The summed E-state index contributed by atoms with van der Waals surface area (Å²) in [6.07, 6.45) is 18.4. The van der Waals surface area contributed by atoms with Crippen LogP contribution in [0.15, 0.2) is 73.2 Å². The minimum Gasteiger partial charge on any atom is -0.494 e. The van der Waals surface area contributed by atoms with Gasteiger partial charge in [0.15, 0.2) is 5.65 Å². The lowest BCUT2D eigenvalue weighted by Crippen LogP contribution is -1.94. The summed E-state index contributed by atoms with van der Waals surface area (Å²) in [5.74, 6) is 0.904. The molecule has 0 saturated carbocycles. The third kappa shape index (κ3) is 3.08. The van der Waals surface area contributed by atoms with E-state index in [0.717, 1.165) is 40.1 Å². The van der Waals surface area contributed by atoms with Crippen LogP contribution in [-0.4, -0.2) is 26.2 Å². The highest BCUT2D eigenvalue weighted by Crippen LogP contribution is 2.25. The van der Waals surface area contributed by atoms with E-state index in [9.17, 15) is 0 Å². The first-order valence-corrected chi connectivity index (χ1v) is 8.30. The molecule has 1 aliphatic carbocycles. The van der Waals surface area contributed by atoms with Crippen molar-refractivity contribution >= 4 is 11.2 Å².